The second-order valence-corrected chi connectivity index (χ2v) is 11.6. The van der Waals surface area contributed by atoms with E-state index in [4.69, 9.17) is 4.74 Å². The second kappa shape index (κ2) is 13.6. The first kappa shape index (κ1) is 30.0. The van der Waals surface area contributed by atoms with Crippen LogP contribution in [-0.4, -0.2) is 62.0 Å². The predicted molar refractivity (Wildman–Crippen MR) is 155 cm³/mol. The molecule has 3 amide bonds. The van der Waals surface area contributed by atoms with Gasteiger partial charge in [0.05, 0.1) is 0 Å². The third kappa shape index (κ3) is 8.99. The molecule has 0 saturated heterocycles. The second-order valence-electron chi connectivity index (χ2n) is 11.6. The van der Waals surface area contributed by atoms with E-state index in [1.54, 1.807) is 28.8 Å². The van der Waals surface area contributed by atoms with E-state index in [0.29, 0.717) is 31.0 Å². The number of nitrogens with one attached hydrogen (secondary N) is 2. The number of amides is 3. The van der Waals surface area contributed by atoms with Crippen molar-refractivity contribution >= 4 is 17.8 Å². The number of hydrogen-bond acceptors (Lipinski definition) is 6. The van der Waals surface area contributed by atoms with E-state index in [-0.39, 0.29) is 29.9 Å². The molecule has 1 aliphatic carbocycles. The van der Waals surface area contributed by atoms with Crippen LogP contribution >= 0.6 is 0 Å². The molecule has 2 N–H and O–H groups in total. The number of rotatable bonds is 9. The molecule has 2 atom stereocenters. The zero-order valence-corrected chi connectivity index (χ0v) is 24.3. The summed E-state index contributed by atoms with van der Waals surface area (Å²) in [5, 5.41) is 17.7. The van der Waals surface area contributed by atoms with Crippen LogP contribution in [0.15, 0.2) is 48.5 Å². The number of tetrazole rings is 1. The molecule has 1 heterocycles. The summed E-state index contributed by atoms with van der Waals surface area (Å²) in [5.41, 5.74) is 1.82. The number of carbonyl (C=O) groups is 2. The van der Waals surface area contributed by atoms with Gasteiger partial charge in [-0.15, -0.1) is 5.10 Å². The van der Waals surface area contributed by atoms with Crippen LogP contribution in [-0.2, 0) is 18.2 Å². The fourth-order valence-corrected chi connectivity index (χ4v) is 5.15. The molecule has 0 radical (unpaired) electrons. The minimum absolute atomic E-state index is 0.0862. The van der Waals surface area contributed by atoms with Gasteiger partial charge in [0.25, 0.3) is 0 Å². The molecule has 11 heteroatoms. The van der Waals surface area contributed by atoms with Crippen LogP contribution in [0.3, 0.4) is 0 Å². The zero-order valence-electron chi connectivity index (χ0n) is 24.3. The van der Waals surface area contributed by atoms with Gasteiger partial charge in [0, 0.05) is 37.4 Å². The summed E-state index contributed by atoms with van der Waals surface area (Å²) in [6, 6.07) is 13.4. The number of aromatic nitrogens is 4. The predicted octanol–water partition coefficient (Wildman–Crippen LogP) is 5.57. The summed E-state index contributed by atoms with van der Waals surface area (Å²) in [7, 11) is 1.76. The Balaban J connectivity index is 1.39. The molecule has 0 unspecified atom stereocenters. The molecule has 1 aromatic heterocycles. The van der Waals surface area contributed by atoms with E-state index < -0.39 is 5.60 Å². The highest BCUT2D eigenvalue weighted by Gasteiger charge is 2.31. The first-order valence-electron chi connectivity index (χ1n) is 14.2. The van der Waals surface area contributed by atoms with Crippen molar-refractivity contribution in [2.45, 2.75) is 70.9 Å². The lowest BCUT2D eigenvalue weighted by molar-refractivity contribution is 0.0194. The number of nitrogens with zero attached hydrogens (tertiary/aromatic N) is 5. The van der Waals surface area contributed by atoms with Gasteiger partial charge in [-0.3, -0.25) is 0 Å². The number of halogens is 1. The fourth-order valence-electron chi connectivity index (χ4n) is 5.15. The highest BCUT2D eigenvalue weighted by atomic mass is 19.1. The first-order chi connectivity index (χ1) is 19.6. The largest absolute Gasteiger partial charge is 0.444 e. The monoisotopic (exact) mass is 565 g/mol. The highest BCUT2D eigenvalue weighted by molar-refractivity contribution is 5.90. The molecule has 0 spiro atoms. The molecule has 0 aliphatic heterocycles. The van der Waals surface area contributed by atoms with Crippen LogP contribution < -0.4 is 10.6 Å². The van der Waals surface area contributed by atoms with Gasteiger partial charge in [0.15, 0.2) is 5.82 Å². The van der Waals surface area contributed by atoms with Crippen LogP contribution in [0.1, 0.15) is 58.4 Å². The summed E-state index contributed by atoms with van der Waals surface area (Å²) in [6.45, 7) is 6.55. The van der Waals surface area contributed by atoms with Crippen LogP contribution in [0.4, 0.5) is 19.7 Å². The van der Waals surface area contributed by atoms with Gasteiger partial charge >= 0.3 is 12.1 Å². The normalized spacial score (nSPS) is 17.1. The van der Waals surface area contributed by atoms with Crippen LogP contribution in [0, 0.1) is 11.7 Å². The van der Waals surface area contributed by atoms with Gasteiger partial charge < -0.3 is 20.3 Å². The maximum absolute atomic E-state index is 13.3. The molecule has 2 aromatic carbocycles. The van der Waals surface area contributed by atoms with Gasteiger partial charge in [-0.25, -0.2) is 18.7 Å². The van der Waals surface area contributed by atoms with Crippen molar-refractivity contribution < 1.29 is 18.7 Å². The Morgan fingerprint density at radius 1 is 1.12 bits per heavy atom. The molecule has 1 aliphatic rings. The Hall–Kier alpha value is -4.02. The average Bonchev–Trinajstić information content (AvgIpc) is 3.35. The Labute approximate surface area is 240 Å². The number of carbonyl (C=O) groups excluding carboxylic acids is 2. The molecule has 41 heavy (non-hydrogen) atoms. The number of anilines is 1. The van der Waals surface area contributed by atoms with Crippen molar-refractivity contribution in [3.8, 4) is 11.4 Å². The third-order valence-electron chi connectivity index (χ3n) is 7.14. The molecular weight excluding hydrogens is 525 g/mol. The minimum Gasteiger partial charge on any atom is -0.444 e. The Morgan fingerprint density at radius 3 is 2.59 bits per heavy atom. The number of aryl methyl sites for hydroxylation is 2. The standard InChI is InChI=1S/C30H40FN7O3/c1-30(2,3)41-29(40)38(18-8-9-21-14-16-24(31)17-15-21)20-23-10-5-6-13-26(23)33-28(39)32-25-12-7-11-22(19-25)27-34-35-36-37(27)4/h7,11-12,14-17,19,23,26H,5-6,8-10,13,18,20H2,1-4H3,(H2,32,33,39)/t23-,26+/m0/s1. The minimum atomic E-state index is -0.619. The number of ether oxygens (including phenoxy) is 1. The van der Waals surface area contributed by atoms with Crippen molar-refractivity contribution in [3.05, 3.63) is 59.9 Å². The van der Waals surface area contributed by atoms with Gasteiger partial charge in [-0.05, 0) is 92.6 Å². The molecule has 4 rings (SSSR count). The van der Waals surface area contributed by atoms with Gasteiger partial charge in [-0.2, -0.15) is 0 Å². The smallest absolute Gasteiger partial charge is 0.410 e. The molecule has 3 aromatic rings. The topological polar surface area (TPSA) is 114 Å². The molecule has 1 saturated carbocycles. The van der Waals surface area contributed by atoms with Crippen molar-refractivity contribution in [2.75, 3.05) is 18.4 Å². The van der Waals surface area contributed by atoms with E-state index >= 15 is 0 Å². The van der Waals surface area contributed by atoms with E-state index in [9.17, 15) is 14.0 Å². The first-order valence-corrected chi connectivity index (χ1v) is 14.2. The summed E-state index contributed by atoms with van der Waals surface area (Å²) >= 11 is 0. The molecule has 220 valence electrons. The maximum atomic E-state index is 13.3. The molecular formula is C30H40FN7O3. The van der Waals surface area contributed by atoms with Crippen molar-refractivity contribution in [3.63, 3.8) is 0 Å². The van der Waals surface area contributed by atoms with Crippen LogP contribution in [0.2, 0.25) is 0 Å². The van der Waals surface area contributed by atoms with Crippen LogP contribution in [0.5, 0.6) is 0 Å². The Kier molecular flexibility index (Phi) is 9.91. The summed E-state index contributed by atoms with van der Waals surface area (Å²) in [6.07, 6.45) is 4.85. The Morgan fingerprint density at radius 2 is 1.88 bits per heavy atom. The fraction of sp³-hybridized carbons (Fsp3) is 0.500. The van der Waals surface area contributed by atoms with Crippen molar-refractivity contribution in [1.29, 1.82) is 0 Å². The van der Waals surface area contributed by atoms with E-state index in [2.05, 4.69) is 26.2 Å². The van der Waals surface area contributed by atoms with E-state index in [1.807, 2.05) is 45.0 Å². The summed E-state index contributed by atoms with van der Waals surface area (Å²) < 4.78 is 20.6. The SMILES string of the molecule is Cn1nnnc1-c1cccc(NC(=O)N[C@@H]2CCCC[C@H]2CN(CCCc2ccc(F)cc2)C(=O)OC(C)(C)C)c1. The lowest BCUT2D eigenvalue weighted by Crippen LogP contribution is -2.49. The Bertz CT molecular complexity index is 1310. The van der Waals surface area contributed by atoms with Crippen molar-refractivity contribution in [2.24, 2.45) is 13.0 Å². The van der Waals surface area contributed by atoms with E-state index in [0.717, 1.165) is 43.2 Å². The number of urea groups is 1. The zero-order chi connectivity index (χ0) is 29.4. The molecule has 0 bridgehead atoms. The van der Waals surface area contributed by atoms with E-state index in [1.165, 1.54) is 12.1 Å². The number of benzene rings is 2. The lowest BCUT2D eigenvalue weighted by atomic mass is 9.84. The molecule has 1 fully saturated rings. The van der Waals surface area contributed by atoms with Crippen molar-refractivity contribution in [1.82, 2.24) is 30.4 Å². The highest BCUT2D eigenvalue weighted by Crippen LogP contribution is 2.27. The van der Waals surface area contributed by atoms with Gasteiger partial charge in [0.2, 0.25) is 0 Å². The maximum Gasteiger partial charge on any atom is 0.410 e. The van der Waals surface area contributed by atoms with Gasteiger partial charge in [-0.1, -0.05) is 37.1 Å². The van der Waals surface area contributed by atoms with Gasteiger partial charge in [0.1, 0.15) is 11.4 Å². The third-order valence-corrected chi connectivity index (χ3v) is 7.14. The lowest BCUT2D eigenvalue weighted by Gasteiger charge is -2.36. The quantitative estimate of drug-likeness (QED) is 0.351. The summed E-state index contributed by atoms with van der Waals surface area (Å²) in [4.78, 5) is 28.0. The summed E-state index contributed by atoms with van der Waals surface area (Å²) in [5.74, 6) is 0.423. The van der Waals surface area contributed by atoms with Crippen LogP contribution in [0.25, 0.3) is 11.4 Å². The number of hydrogen-bond donors (Lipinski definition) is 2. The molecule has 10 nitrogen and oxygen atoms in total. The average molecular weight is 566 g/mol.